The summed E-state index contributed by atoms with van der Waals surface area (Å²) in [6.07, 6.45) is 2.94. The minimum Gasteiger partial charge on any atom is -0.356 e. The van der Waals surface area contributed by atoms with Crippen molar-refractivity contribution in [1.29, 1.82) is 0 Å². The van der Waals surface area contributed by atoms with Gasteiger partial charge in [-0.2, -0.15) is 13.9 Å². The fraction of sp³-hybridized carbons (Fsp3) is 0.263. The van der Waals surface area contributed by atoms with Crippen molar-refractivity contribution in [3.05, 3.63) is 57.2 Å². The fourth-order valence-corrected chi connectivity index (χ4v) is 3.88. The highest BCUT2D eigenvalue weighted by atomic mass is 79.9. The maximum atomic E-state index is 13.7. The summed E-state index contributed by atoms with van der Waals surface area (Å²) in [5.74, 6) is -0.822. The summed E-state index contributed by atoms with van der Waals surface area (Å²) in [6, 6.07) is 10.8. The molecule has 146 valence electrons. The van der Waals surface area contributed by atoms with Crippen LogP contribution in [0.15, 0.2) is 45.3 Å². The first kappa shape index (κ1) is 19.5. The molecule has 28 heavy (non-hydrogen) atoms. The van der Waals surface area contributed by atoms with Gasteiger partial charge in [0.1, 0.15) is 0 Å². The van der Waals surface area contributed by atoms with Gasteiger partial charge in [0.05, 0.1) is 21.8 Å². The number of nitrogens with one attached hydrogen (secondary N) is 1. The third-order valence-electron chi connectivity index (χ3n) is 4.52. The van der Waals surface area contributed by atoms with Crippen molar-refractivity contribution >= 4 is 53.7 Å². The van der Waals surface area contributed by atoms with E-state index in [2.05, 4.69) is 47.2 Å². The zero-order chi connectivity index (χ0) is 19.7. The first-order chi connectivity index (χ1) is 13.5. The first-order valence-electron chi connectivity index (χ1n) is 8.77. The maximum Gasteiger partial charge on any atom is 0.240 e. The van der Waals surface area contributed by atoms with E-state index in [0.29, 0.717) is 16.3 Å². The van der Waals surface area contributed by atoms with Crippen LogP contribution >= 0.6 is 31.9 Å². The smallest absolute Gasteiger partial charge is 0.240 e. The molecule has 2 aromatic heterocycles. The number of nitrogens with zero attached hydrogens (tertiary/aromatic N) is 3. The quantitative estimate of drug-likeness (QED) is 0.334. The van der Waals surface area contributed by atoms with Crippen LogP contribution in [0, 0.1) is 11.9 Å². The topological polar surface area (TPSA) is 55.7 Å². The molecular weight excluding hydrogens is 498 g/mol. The summed E-state index contributed by atoms with van der Waals surface area (Å²) in [7, 11) is 0. The number of aromatic nitrogens is 4. The summed E-state index contributed by atoms with van der Waals surface area (Å²) >= 11 is 6.58. The van der Waals surface area contributed by atoms with E-state index in [1.54, 1.807) is 22.9 Å². The molecule has 4 aromatic rings. The van der Waals surface area contributed by atoms with Gasteiger partial charge in [0, 0.05) is 15.6 Å². The molecule has 5 nitrogen and oxygen atoms in total. The Hall–Kier alpha value is -1.84. The first-order valence-corrected chi connectivity index (χ1v) is 10.4. The van der Waals surface area contributed by atoms with Crippen LogP contribution in [0.4, 0.5) is 8.78 Å². The Kier molecular flexibility index (Phi) is 5.75. The molecular formula is C19H16Br2F2N4O. The molecule has 1 unspecified atom stereocenters. The van der Waals surface area contributed by atoms with Crippen molar-refractivity contribution < 1.29 is 13.5 Å². The van der Waals surface area contributed by atoms with Crippen molar-refractivity contribution in [2.75, 3.05) is 6.61 Å². The predicted octanol–water partition coefficient (Wildman–Crippen LogP) is 6.10. The highest BCUT2D eigenvalue weighted by Gasteiger charge is 2.20. The van der Waals surface area contributed by atoms with E-state index in [0.717, 1.165) is 40.3 Å². The third kappa shape index (κ3) is 3.97. The van der Waals surface area contributed by atoms with Gasteiger partial charge in [-0.25, -0.2) is 4.68 Å². The van der Waals surface area contributed by atoms with Crippen molar-refractivity contribution in [3.8, 4) is 0 Å². The number of aromatic amines is 1. The molecule has 9 heteroatoms. The summed E-state index contributed by atoms with van der Waals surface area (Å²) in [5, 5.41) is 11.0. The Labute approximate surface area is 176 Å². The number of hydrogen-bond donors (Lipinski definition) is 1. The van der Waals surface area contributed by atoms with E-state index in [1.165, 1.54) is 0 Å². The van der Waals surface area contributed by atoms with E-state index in [1.807, 2.05) is 18.2 Å². The van der Waals surface area contributed by atoms with Gasteiger partial charge < -0.3 is 4.74 Å². The second-order valence-corrected chi connectivity index (χ2v) is 8.25. The lowest BCUT2D eigenvalue weighted by molar-refractivity contribution is -0.0375. The van der Waals surface area contributed by atoms with Crippen LogP contribution in [0.25, 0.3) is 21.8 Å². The van der Waals surface area contributed by atoms with Crippen LogP contribution < -0.4 is 0 Å². The van der Waals surface area contributed by atoms with Crippen LogP contribution in [-0.4, -0.2) is 26.6 Å². The van der Waals surface area contributed by atoms with Crippen LogP contribution in [-0.2, 0) is 4.74 Å². The number of ether oxygens (including phenoxy) is 1. The van der Waals surface area contributed by atoms with Crippen LogP contribution in [0.3, 0.4) is 0 Å². The molecule has 0 spiro atoms. The van der Waals surface area contributed by atoms with Gasteiger partial charge in [-0.05, 0) is 55.7 Å². The predicted molar refractivity (Wildman–Crippen MR) is 110 cm³/mol. The lowest BCUT2D eigenvalue weighted by Crippen LogP contribution is -2.19. The average molecular weight is 514 g/mol. The van der Waals surface area contributed by atoms with Gasteiger partial charge in [-0.1, -0.05) is 31.9 Å². The monoisotopic (exact) mass is 512 g/mol. The molecule has 0 aliphatic carbocycles. The van der Waals surface area contributed by atoms with E-state index >= 15 is 0 Å². The fourth-order valence-electron chi connectivity index (χ4n) is 3.16. The second kappa shape index (κ2) is 8.26. The van der Waals surface area contributed by atoms with Gasteiger partial charge in [0.25, 0.3) is 0 Å². The van der Waals surface area contributed by atoms with Gasteiger partial charge in [-0.15, -0.1) is 5.10 Å². The molecule has 0 amide bonds. The van der Waals surface area contributed by atoms with Crippen molar-refractivity contribution in [2.45, 2.75) is 25.5 Å². The Bertz CT molecular complexity index is 1120. The van der Waals surface area contributed by atoms with Crippen LogP contribution in [0.1, 0.15) is 25.5 Å². The Morgan fingerprint density at radius 2 is 1.79 bits per heavy atom. The number of fused-ring (bicyclic) bond motifs is 2. The third-order valence-corrected chi connectivity index (χ3v) is 5.51. The summed E-state index contributed by atoms with van der Waals surface area (Å²) in [6.45, 7) is 0.726. The van der Waals surface area contributed by atoms with E-state index < -0.39 is 5.95 Å². The molecule has 3 heterocycles. The highest BCUT2D eigenvalue weighted by Crippen LogP contribution is 2.29. The zero-order valence-electron chi connectivity index (χ0n) is 14.6. The van der Waals surface area contributed by atoms with Crippen molar-refractivity contribution in [2.24, 2.45) is 0 Å². The molecule has 0 radical (unpaired) electrons. The SMILES string of the molecule is Fc1[nH]nc2ccc(Br)cc12.Fc1nn(C2CCCCO2)c2ccc(Br)cc12. The minimum absolute atomic E-state index is 0.128. The lowest BCUT2D eigenvalue weighted by Gasteiger charge is -2.23. The highest BCUT2D eigenvalue weighted by molar-refractivity contribution is 9.10. The van der Waals surface area contributed by atoms with Crippen LogP contribution in [0.2, 0.25) is 0 Å². The molecule has 1 aliphatic heterocycles. The van der Waals surface area contributed by atoms with E-state index in [-0.39, 0.29) is 12.2 Å². The number of benzene rings is 2. The standard InChI is InChI=1S/C12H12BrFN2O.C7H4BrFN2/c13-8-4-5-10-9(7-8)12(14)15-16(10)11-3-1-2-6-17-11;8-4-1-2-6-5(3-4)7(9)11-10-6/h4-5,7,11H,1-3,6H2;1-3H,(H,10,11). The number of H-pyrrole nitrogens is 1. The molecule has 1 fully saturated rings. The lowest BCUT2D eigenvalue weighted by atomic mass is 10.2. The van der Waals surface area contributed by atoms with Crippen LogP contribution in [0.5, 0.6) is 0 Å². The van der Waals surface area contributed by atoms with E-state index in [9.17, 15) is 8.78 Å². The summed E-state index contributed by atoms with van der Waals surface area (Å²) in [5.41, 5.74) is 1.43. The molecule has 1 aliphatic rings. The summed E-state index contributed by atoms with van der Waals surface area (Å²) < 4.78 is 35.5. The van der Waals surface area contributed by atoms with Gasteiger partial charge in [0.15, 0.2) is 6.23 Å². The normalized spacial score (nSPS) is 16.9. The molecule has 1 saturated heterocycles. The maximum absolute atomic E-state index is 13.7. The summed E-state index contributed by atoms with van der Waals surface area (Å²) in [4.78, 5) is 0. The van der Waals surface area contributed by atoms with E-state index in [4.69, 9.17) is 4.74 Å². The van der Waals surface area contributed by atoms with Crippen molar-refractivity contribution in [1.82, 2.24) is 20.0 Å². The minimum atomic E-state index is -0.435. The number of rotatable bonds is 1. The van der Waals surface area contributed by atoms with Gasteiger partial charge >= 0.3 is 0 Å². The average Bonchev–Trinajstić information content (AvgIpc) is 3.23. The zero-order valence-corrected chi connectivity index (χ0v) is 17.8. The Morgan fingerprint density at radius 1 is 1.04 bits per heavy atom. The molecule has 1 N–H and O–H groups in total. The second-order valence-electron chi connectivity index (χ2n) is 6.42. The van der Waals surface area contributed by atoms with Gasteiger partial charge in [-0.3, -0.25) is 5.10 Å². The molecule has 0 saturated carbocycles. The van der Waals surface area contributed by atoms with Crippen molar-refractivity contribution in [3.63, 3.8) is 0 Å². The Balaban J connectivity index is 0.000000151. The molecule has 5 rings (SSSR count). The van der Waals surface area contributed by atoms with Gasteiger partial charge in [0.2, 0.25) is 11.9 Å². The molecule has 1 atom stereocenters. The largest absolute Gasteiger partial charge is 0.356 e. The number of halogens is 4. The molecule has 0 bridgehead atoms. The number of hydrogen-bond acceptors (Lipinski definition) is 3. The Morgan fingerprint density at radius 3 is 2.54 bits per heavy atom. The molecule has 2 aromatic carbocycles.